The lowest BCUT2D eigenvalue weighted by Crippen LogP contribution is -2.64. The minimum Gasteiger partial charge on any atom is -0.390 e. The third-order valence-corrected chi connectivity index (χ3v) is 2.72. The number of hydrogen-bond donors (Lipinski definition) is 3. The maximum atomic E-state index is 9.36. The van der Waals surface area contributed by atoms with Gasteiger partial charge in [-0.25, -0.2) is 0 Å². The summed E-state index contributed by atoms with van der Waals surface area (Å²) in [7, 11) is 0. The van der Waals surface area contributed by atoms with E-state index in [0.717, 1.165) is 19.4 Å². The maximum Gasteiger partial charge on any atom is 0.0954 e. The number of nitrogens with one attached hydrogen (secondary N) is 1. The molecule has 1 aliphatic heterocycles. The van der Waals surface area contributed by atoms with Crippen LogP contribution in [0.1, 0.15) is 12.8 Å². The van der Waals surface area contributed by atoms with Crippen LogP contribution in [-0.2, 0) is 0 Å². The van der Waals surface area contributed by atoms with E-state index in [1.807, 2.05) is 0 Å². The summed E-state index contributed by atoms with van der Waals surface area (Å²) in [5.74, 6) is 0.624. The van der Waals surface area contributed by atoms with E-state index in [1.54, 1.807) is 0 Å². The molecule has 0 amide bonds. The Labute approximate surface area is 60.1 Å². The molecule has 1 heterocycles. The second-order valence-electron chi connectivity index (χ2n) is 3.33. The van der Waals surface area contributed by atoms with Gasteiger partial charge in [0.05, 0.1) is 12.2 Å². The first-order valence-corrected chi connectivity index (χ1v) is 3.88. The number of rotatable bonds is 0. The van der Waals surface area contributed by atoms with E-state index < -0.39 is 12.2 Å². The fourth-order valence-electron chi connectivity index (χ4n) is 1.90. The van der Waals surface area contributed by atoms with Crippen molar-refractivity contribution in [2.45, 2.75) is 31.1 Å². The summed E-state index contributed by atoms with van der Waals surface area (Å²) in [5.41, 5.74) is 0. The van der Waals surface area contributed by atoms with Gasteiger partial charge < -0.3 is 15.5 Å². The van der Waals surface area contributed by atoms with Crippen molar-refractivity contribution in [1.82, 2.24) is 5.32 Å². The molecule has 3 heteroatoms. The average Bonchev–Trinajstić information content (AvgIpc) is 1.82. The number of hydrogen-bond acceptors (Lipinski definition) is 3. The molecule has 0 radical (unpaired) electrons. The molecule has 0 unspecified atom stereocenters. The predicted molar refractivity (Wildman–Crippen MR) is 36.5 cm³/mol. The minimum absolute atomic E-state index is 0.184. The standard InChI is InChI=1S/C7H13NO2/c9-5-2-1-4-3-8-6(4)7(5)10/h4-10H,1-3H2/t4-,5-,6+,7-/m0/s1. The fourth-order valence-corrected chi connectivity index (χ4v) is 1.90. The smallest absolute Gasteiger partial charge is 0.0954 e. The first-order valence-electron chi connectivity index (χ1n) is 3.88. The van der Waals surface area contributed by atoms with Crippen LogP contribution < -0.4 is 5.32 Å². The van der Waals surface area contributed by atoms with Crippen LogP contribution >= 0.6 is 0 Å². The van der Waals surface area contributed by atoms with Crippen LogP contribution in [0.15, 0.2) is 0 Å². The highest BCUT2D eigenvalue weighted by atomic mass is 16.3. The van der Waals surface area contributed by atoms with Gasteiger partial charge in [-0.1, -0.05) is 0 Å². The zero-order valence-corrected chi connectivity index (χ0v) is 5.83. The van der Waals surface area contributed by atoms with E-state index in [-0.39, 0.29) is 6.04 Å². The van der Waals surface area contributed by atoms with E-state index in [1.165, 1.54) is 0 Å². The van der Waals surface area contributed by atoms with Crippen molar-refractivity contribution in [3.8, 4) is 0 Å². The molecule has 3 N–H and O–H groups in total. The third kappa shape index (κ3) is 0.779. The van der Waals surface area contributed by atoms with Gasteiger partial charge in [0.1, 0.15) is 0 Å². The van der Waals surface area contributed by atoms with Crippen LogP contribution in [0.5, 0.6) is 0 Å². The highest BCUT2D eigenvalue weighted by Crippen LogP contribution is 2.30. The summed E-state index contributed by atoms with van der Waals surface area (Å²) in [5, 5.41) is 21.7. The van der Waals surface area contributed by atoms with Crippen LogP contribution in [0.3, 0.4) is 0 Å². The van der Waals surface area contributed by atoms with Crippen molar-refractivity contribution in [2.75, 3.05) is 6.54 Å². The van der Waals surface area contributed by atoms with E-state index in [0.29, 0.717) is 5.92 Å². The zero-order valence-electron chi connectivity index (χ0n) is 5.83. The van der Waals surface area contributed by atoms with Crippen molar-refractivity contribution >= 4 is 0 Å². The van der Waals surface area contributed by atoms with E-state index >= 15 is 0 Å². The molecule has 0 aromatic rings. The fraction of sp³-hybridized carbons (Fsp3) is 1.00. The molecular weight excluding hydrogens is 130 g/mol. The van der Waals surface area contributed by atoms with Gasteiger partial charge in [0.15, 0.2) is 0 Å². The Morgan fingerprint density at radius 1 is 1.20 bits per heavy atom. The monoisotopic (exact) mass is 143 g/mol. The van der Waals surface area contributed by atoms with Gasteiger partial charge in [-0.3, -0.25) is 0 Å². The SMILES string of the molecule is O[C@@H]1[C@@H]2NC[C@@H]2CC[C@@H]1O. The topological polar surface area (TPSA) is 52.5 Å². The molecular formula is C7H13NO2. The third-order valence-electron chi connectivity index (χ3n) is 2.72. The summed E-state index contributed by atoms with van der Waals surface area (Å²) in [6, 6.07) is 0.184. The van der Waals surface area contributed by atoms with E-state index in [2.05, 4.69) is 5.32 Å². The molecule has 58 valence electrons. The number of aliphatic hydroxyl groups excluding tert-OH is 2. The Morgan fingerprint density at radius 3 is 2.50 bits per heavy atom. The van der Waals surface area contributed by atoms with Crippen molar-refractivity contribution in [2.24, 2.45) is 5.92 Å². The van der Waals surface area contributed by atoms with Crippen molar-refractivity contribution in [3.05, 3.63) is 0 Å². The number of fused-ring (bicyclic) bond motifs is 1. The maximum absolute atomic E-state index is 9.36. The average molecular weight is 143 g/mol. The minimum atomic E-state index is -0.521. The van der Waals surface area contributed by atoms with Gasteiger partial charge in [0.25, 0.3) is 0 Å². The van der Waals surface area contributed by atoms with Crippen molar-refractivity contribution in [1.29, 1.82) is 0 Å². The van der Waals surface area contributed by atoms with Crippen LogP contribution in [0, 0.1) is 5.92 Å². The Kier molecular flexibility index (Phi) is 1.44. The van der Waals surface area contributed by atoms with E-state index in [9.17, 15) is 10.2 Å². The molecule has 2 aliphatic rings. The largest absolute Gasteiger partial charge is 0.390 e. The Bertz CT molecular complexity index is 134. The molecule has 3 nitrogen and oxygen atoms in total. The van der Waals surface area contributed by atoms with E-state index in [4.69, 9.17) is 0 Å². The lowest BCUT2D eigenvalue weighted by Gasteiger charge is -2.46. The van der Waals surface area contributed by atoms with Gasteiger partial charge in [-0.05, 0) is 25.3 Å². The summed E-state index contributed by atoms with van der Waals surface area (Å²) >= 11 is 0. The Balaban J connectivity index is 2.01. The molecule has 1 aliphatic carbocycles. The van der Waals surface area contributed by atoms with Gasteiger partial charge >= 0.3 is 0 Å². The molecule has 1 saturated carbocycles. The molecule has 0 aromatic carbocycles. The molecule has 2 rings (SSSR count). The molecule has 4 atom stereocenters. The van der Waals surface area contributed by atoms with Crippen LogP contribution in [0.25, 0.3) is 0 Å². The Morgan fingerprint density at radius 2 is 2.00 bits per heavy atom. The summed E-state index contributed by atoms with van der Waals surface area (Å²) in [4.78, 5) is 0. The molecule has 0 spiro atoms. The zero-order chi connectivity index (χ0) is 7.14. The summed E-state index contributed by atoms with van der Waals surface area (Å²) < 4.78 is 0. The quantitative estimate of drug-likeness (QED) is 0.411. The van der Waals surface area contributed by atoms with Gasteiger partial charge in [-0.15, -0.1) is 0 Å². The van der Waals surface area contributed by atoms with Gasteiger partial charge in [-0.2, -0.15) is 0 Å². The molecule has 1 saturated heterocycles. The predicted octanol–water partition coefficient (Wildman–Crippen LogP) is -0.910. The van der Waals surface area contributed by atoms with Crippen LogP contribution in [-0.4, -0.2) is 35.0 Å². The lowest BCUT2D eigenvalue weighted by molar-refractivity contribution is -0.0740. The highest BCUT2D eigenvalue weighted by molar-refractivity contribution is 4.99. The van der Waals surface area contributed by atoms with Gasteiger partial charge in [0.2, 0.25) is 0 Å². The van der Waals surface area contributed by atoms with Crippen molar-refractivity contribution < 1.29 is 10.2 Å². The molecule has 2 fully saturated rings. The molecule has 10 heavy (non-hydrogen) atoms. The molecule has 0 bridgehead atoms. The Hall–Kier alpha value is -0.120. The first kappa shape index (κ1) is 6.58. The molecule has 0 aromatic heterocycles. The highest BCUT2D eigenvalue weighted by Gasteiger charge is 2.42. The van der Waals surface area contributed by atoms with Gasteiger partial charge in [0, 0.05) is 6.04 Å². The number of aliphatic hydroxyl groups is 2. The van der Waals surface area contributed by atoms with Crippen LogP contribution in [0.2, 0.25) is 0 Å². The lowest BCUT2D eigenvalue weighted by atomic mass is 9.76. The summed E-state index contributed by atoms with van der Waals surface area (Å²) in [6.45, 7) is 1.02. The second-order valence-corrected chi connectivity index (χ2v) is 3.33. The first-order chi connectivity index (χ1) is 4.79. The van der Waals surface area contributed by atoms with Crippen molar-refractivity contribution in [3.63, 3.8) is 0 Å². The normalized spacial score (nSPS) is 53.4. The summed E-state index contributed by atoms with van der Waals surface area (Å²) in [6.07, 6.45) is 0.821. The van der Waals surface area contributed by atoms with Crippen LogP contribution in [0.4, 0.5) is 0 Å². The second kappa shape index (κ2) is 2.19.